The molecule has 3 N–H and O–H groups in total. The Morgan fingerprint density at radius 2 is 2.00 bits per heavy atom. The third-order valence-electron chi connectivity index (χ3n) is 3.42. The van der Waals surface area contributed by atoms with Crippen LogP contribution in [0.2, 0.25) is 0 Å². The zero-order valence-electron chi connectivity index (χ0n) is 10.9. The zero-order valence-corrected chi connectivity index (χ0v) is 11.7. The molecular formula is C14H21ClN2O2. The van der Waals surface area contributed by atoms with Crippen molar-refractivity contribution < 1.29 is 10.2 Å². The van der Waals surface area contributed by atoms with Gasteiger partial charge in [-0.15, -0.1) is 11.6 Å². The molecule has 1 aliphatic rings. The van der Waals surface area contributed by atoms with Gasteiger partial charge in [-0.1, -0.05) is 12.1 Å². The molecule has 19 heavy (non-hydrogen) atoms. The van der Waals surface area contributed by atoms with Gasteiger partial charge in [-0.05, 0) is 25.0 Å². The Morgan fingerprint density at radius 3 is 2.68 bits per heavy atom. The molecule has 1 saturated heterocycles. The van der Waals surface area contributed by atoms with Gasteiger partial charge in [0, 0.05) is 19.6 Å². The number of para-hydroxylation sites is 2. The van der Waals surface area contributed by atoms with Crippen LogP contribution in [0.15, 0.2) is 24.3 Å². The number of benzene rings is 1. The lowest BCUT2D eigenvalue weighted by Crippen LogP contribution is -2.36. The second-order valence-electron chi connectivity index (χ2n) is 4.92. The number of hydrogen-bond acceptors (Lipinski definition) is 4. The molecule has 0 bridgehead atoms. The molecular weight excluding hydrogens is 264 g/mol. The van der Waals surface area contributed by atoms with E-state index in [0.717, 1.165) is 37.3 Å². The Bertz CT molecular complexity index is 395. The molecule has 1 unspecified atom stereocenters. The van der Waals surface area contributed by atoms with Crippen molar-refractivity contribution in [3.8, 4) is 0 Å². The minimum absolute atomic E-state index is 0.172. The Kier molecular flexibility index (Phi) is 5.31. The van der Waals surface area contributed by atoms with E-state index in [2.05, 4.69) is 16.3 Å². The lowest BCUT2D eigenvalue weighted by Gasteiger charge is -2.33. The van der Waals surface area contributed by atoms with Crippen molar-refractivity contribution in [2.45, 2.75) is 25.0 Å². The second-order valence-corrected chi connectivity index (χ2v) is 5.23. The van der Waals surface area contributed by atoms with E-state index in [1.807, 2.05) is 18.2 Å². The number of aliphatic hydroxyl groups excluding tert-OH is 2. The number of anilines is 2. The zero-order chi connectivity index (χ0) is 13.7. The minimum atomic E-state index is -0.544. The fourth-order valence-corrected chi connectivity index (χ4v) is 2.40. The summed E-state index contributed by atoms with van der Waals surface area (Å²) in [5, 5.41) is 22.3. The van der Waals surface area contributed by atoms with Crippen LogP contribution in [0.25, 0.3) is 0 Å². The SMILES string of the molecule is OC1CCN(c2ccccc2NCC(O)CCl)CC1. The molecule has 2 rings (SSSR count). The van der Waals surface area contributed by atoms with Crippen LogP contribution in [-0.2, 0) is 0 Å². The van der Waals surface area contributed by atoms with Crippen LogP contribution in [0.4, 0.5) is 11.4 Å². The highest BCUT2D eigenvalue weighted by molar-refractivity contribution is 6.18. The van der Waals surface area contributed by atoms with Gasteiger partial charge in [0.1, 0.15) is 0 Å². The Balaban J connectivity index is 2.03. The summed E-state index contributed by atoms with van der Waals surface area (Å²) in [5.74, 6) is 0.227. The lowest BCUT2D eigenvalue weighted by atomic mass is 10.1. The Hall–Kier alpha value is -0.970. The van der Waals surface area contributed by atoms with E-state index >= 15 is 0 Å². The summed E-state index contributed by atoms with van der Waals surface area (Å²) in [4.78, 5) is 2.27. The number of halogens is 1. The maximum Gasteiger partial charge on any atom is 0.0847 e. The van der Waals surface area contributed by atoms with Crippen molar-refractivity contribution in [2.75, 3.05) is 35.7 Å². The highest BCUT2D eigenvalue weighted by atomic mass is 35.5. The van der Waals surface area contributed by atoms with Crippen LogP contribution in [0.5, 0.6) is 0 Å². The monoisotopic (exact) mass is 284 g/mol. The van der Waals surface area contributed by atoms with Gasteiger partial charge in [0.2, 0.25) is 0 Å². The molecule has 1 atom stereocenters. The van der Waals surface area contributed by atoms with Crippen molar-refractivity contribution in [3.63, 3.8) is 0 Å². The molecule has 1 heterocycles. The molecule has 5 heteroatoms. The maximum absolute atomic E-state index is 9.56. The summed E-state index contributed by atoms with van der Waals surface area (Å²) in [5.41, 5.74) is 2.12. The van der Waals surface area contributed by atoms with Gasteiger partial charge in [0.25, 0.3) is 0 Å². The topological polar surface area (TPSA) is 55.7 Å². The van der Waals surface area contributed by atoms with Gasteiger partial charge in [-0.25, -0.2) is 0 Å². The van der Waals surface area contributed by atoms with Gasteiger partial charge in [-0.2, -0.15) is 0 Å². The molecule has 0 spiro atoms. The normalized spacial score (nSPS) is 18.4. The standard InChI is InChI=1S/C14H21ClN2O2/c15-9-12(19)10-16-13-3-1-2-4-14(13)17-7-5-11(18)6-8-17/h1-4,11-12,16,18-19H,5-10H2. The molecule has 0 aromatic heterocycles. The van der Waals surface area contributed by atoms with E-state index in [0.29, 0.717) is 6.54 Å². The average Bonchev–Trinajstić information content (AvgIpc) is 2.46. The minimum Gasteiger partial charge on any atom is -0.393 e. The molecule has 106 valence electrons. The summed E-state index contributed by atoms with van der Waals surface area (Å²) in [6.07, 6.45) is 0.893. The lowest BCUT2D eigenvalue weighted by molar-refractivity contribution is 0.145. The molecule has 0 amide bonds. The molecule has 0 saturated carbocycles. The van der Waals surface area contributed by atoms with Crippen LogP contribution in [0, 0.1) is 0 Å². The number of piperidine rings is 1. The molecule has 4 nitrogen and oxygen atoms in total. The Labute approximate surface area is 119 Å². The van der Waals surface area contributed by atoms with E-state index in [4.69, 9.17) is 11.6 Å². The highest BCUT2D eigenvalue weighted by Gasteiger charge is 2.19. The van der Waals surface area contributed by atoms with E-state index < -0.39 is 6.10 Å². The number of nitrogens with zero attached hydrogens (tertiary/aromatic N) is 1. The van der Waals surface area contributed by atoms with E-state index in [-0.39, 0.29) is 12.0 Å². The highest BCUT2D eigenvalue weighted by Crippen LogP contribution is 2.28. The van der Waals surface area contributed by atoms with E-state index in [1.165, 1.54) is 0 Å². The molecule has 1 aliphatic heterocycles. The van der Waals surface area contributed by atoms with E-state index in [9.17, 15) is 10.2 Å². The fourth-order valence-electron chi connectivity index (χ4n) is 2.29. The number of rotatable bonds is 5. The van der Waals surface area contributed by atoms with Crippen LogP contribution >= 0.6 is 11.6 Å². The summed E-state index contributed by atoms with van der Waals surface area (Å²) in [7, 11) is 0. The number of hydrogen-bond donors (Lipinski definition) is 3. The molecule has 0 radical (unpaired) electrons. The fraction of sp³-hybridized carbons (Fsp3) is 0.571. The second kappa shape index (κ2) is 6.98. The van der Waals surface area contributed by atoms with Crippen molar-refractivity contribution in [2.24, 2.45) is 0 Å². The van der Waals surface area contributed by atoms with Gasteiger partial charge in [0.15, 0.2) is 0 Å². The molecule has 1 aromatic rings. The summed E-state index contributed by atoms with van der Waals surface area (Å²) in [6.45, 7) is 2.16. The number of nitrogens with one attached hydrogen (secondary N) is 1. The van der Waals surface area contributed by atoms with Gasteiger partial charge in [-0.3, -0.25) is 0 Å². The van der Waals surface area contributed by atoms with Crippen LogP contribution in [0.1, 0.15) is 12.8 Å². The predicted octanol–water partition coefficient (Wildman–Crippen LogP) is 1.66. The first kappa shape index (κ1) is 14.4. The van der Waals surface area contributed by atoms with Gasteiger partial charge < -0.3 is 20.4 Å². The Morgan fingerprint density at radius 1 is 1.32 bits per heavy atom. The van der Waals surface area contributed by atoms with Gasteiger partial charge in [0.05, 0.1) is 29.5 Å². The predicted molar refractivity (Wildman–Crippen MR) is 79.1 cm³/mol. The van der Waals surface area contributed by atoms with Crippen LogP contribution < -0.4 is 10.2 Å². The number of aliphatic hydroxyl groups is 2. The third kappa shape index (κ3) is 4.00. The first-order valence-electron chi connectivity index (χ1n) is 6.70. The molecule has 0 aliphatic carbocycles. The third-order valence-corrected chi connectivity index (χ3v) is 3.77. The quantitative estimate of drug-likeness (QED) is 0.720. The summed E-state index contributed by atoms with van der Waals surface area (Å²) >= 11 is 5.59. The average molecular weight is 285 g/mol. The maximum atomic E-state index is 9.56. The summed E-state index contributed by atoms with van der Waals surface area (Å²) in [6, 6.07) is 8.04. The summed E-state index contributed by atoms with van der Waals surface area (Å²) < 4.78 is 0. The van der Waals surface area contributed by atoms with Crippen LogP contribution in [0.3, 0.4) is 0 Å². The van der Waals surface area contributed by atoms with Crippen LogP contribution in [-0.4, -0.2) is 47.9 Å². The van der Waals surface area contributed by atoms with E-state index in [1.54, 1.807) is 0 Å². The van der Waals surface area contributed by atoms with Gasteiger partial charge >= 0.3 is 0 Å². The molecule has 1 aromatic carbocycles. The van der Waals surface area contributed by atoms with Crippen molar-refractivity contribution in [3.05, 3.63) is 24.3 Å². The smallest absolute Gasteiger partial charge is 0.0847 e. The van der Waals surface area contributed by atoms with Crippen molar-refractivity contribution in [1.29, 1.82) is 0 Å². The van der Waals surface area contributed by atoms with Crippen molar-refractivity contribution in [1.82, 2.24) is 0 Å². The molecule has 1 fully saturated rings. The number of alkyl halides is 1. The first-order valence-corrected chi connectivity index (χ1v) is 7.24. The first-order chi connectivity index (χ1) is 9.20. The van der Waals surface area contributed by atoms with Crippen molar-refractivity contribution >= 4 is 23.0 Å². The largest absolute Gasteiger partial charge is 0.393 e.